The Morgan fingerprint density at radius 3 is 2.40 bits per heavy atom. The minimum Gasteiger partial charge on any atom is -0.469 e. The number of carbonyl (C=O) groups excluding carboxylic acids is 2. The van der Waals surface area contributed by atoms with Crippen molar-refractivity contribution in [2.45, 2.75) is 26.2 Å². The molecule has 0 aliphatic carbocycles. The lowest BCUT2D eigenvalue weighted by Crippen LogP contribution is -2.22. The molecule has 6 heteroatoms. The van der Waals surface area contributed by atoms with Crippen molar-refractivity contribution in [1.29, 1.82) is 0 Å². The van der Waals surface area contributed by atoms with Crippen LogP contribution in [0.3, 0.4) is 0 Å². The topological polar surface area (TPSA) is 76.0 Å². The van der Waals surface area contributed by atoms with Gasteiger partial charge in [-0.05, 0) is 13.3 Å². The van der Waals surface area contributed by atoms with E-state index in [1.165, 1.54) is 19.0 Å². The van der Waals surface area contributed by atoms with Crippen LogP contribution in [-0.4, -0.2) is 37.0 Å². The van der Waals surface area contributed by atoms with Crippen molar-refractivity contribution >= 4 is 11.8 Å². The van der Waals surface area contributed by atoms with E-state index in [-0.39, 0.29) is 24.7 Å². The van der Waals surface area contributed by atoms with Gasteiger partial charge in [-0.1, -0.05) is 0 Å². The predicted molar refractivity (Wildman–Crippen MR) is 53.9 cm³/mol. The van der Waals surface area contributed by atoms with E-state index in [4.69, 9.17) is 0 Å². The molecule has 0 fully saturated rings. The van der Waals surface area contributed by atoms with E-state index in [0.29, 0.717) is 19.4 Å². The standard InChI is InChI=1S/C9H16N2O4/c1-8(12)4-3-6-11(10-14)7-5-9(13)15-2/h3-7H2,1-2H3. The summed E-state index contributed by atoms with van der Waals surface area (Å²) >= 11 is 0. The molecule has 0 heterocycles. The molecule has 0 aromatic rings. The van der Waals surface area contributed by atoms with Crippen molar-refractivity contribution in [2.24, 2.45) is 5.29 Å². The van der Waals surface area contributed by atoms with Crippen LogP contribution < -0.4 is 0 Å². The van der Waals surface area contributed by atoms with Crippen LogP contribution in [0.2, 0.25) is 0 Å². The summed E-state index contributed by atoms with van der Waals surface area (Å²) in [4.78, 5) is 31.7. The molecule has 15 heavy (non-hydrogen) atoms. The minimum absolute atomic E-state index is 0.0776. The normalized spacial score (nSPS) is 9.47. The van der Waals surface area contributed by atoms with Gasteiger partial charge in [-0.2, -0.15) is 0 Å². The third kappa shape index (κ3) is 7.60. The molecule has 0 amide bonds. The highest BCUT2D eigenvalue weighted by molar-refractivity contribution is 5.75. The molecule has 0 aromatic carbocycles. The van der Waals surface area contributed by atoms with Crippen molar-refractivity contribution in [3.05, 3.63) is 4.91 Å². The summed E-state index contributed by atoms with van der Waals surface area (Å²) in [5.74, 6) is -0.302. The van der Waals surface area contributed by atoms with Crippen molar-refractivity contribution in [3.8, 4) is 0 Å². The van der Waals surface area contributed by atoms with Gasteiger partial charge in [-0.25, -0.2) is 0 Å². The summed E-state index contributed by atoms with van der Waals surface area (Å²) in [6.07, 6.45) is 1.12. The first-order valence-electron chi connectivity index (χ1n) is 4.74. The Hall–Kier alpha value is -1.46. The highest BCUT2D eigenvalue weighted by atomic mass is 16.5. The summed E-state index contributed by atoms with van der Waals surface area (Å²) in [5.41, 5.74) is 0. The Balaban J connectivity index is 3.68. The smallest absolute Gasteiger partial charge is 0.307 e. The maximum atomic E-state index is 10.8. The molecule has 0 bridgehead atoms. The molecule has 0 aliphatic heterocycles. The molecule has 0 saturated heterocycles. The molecule has 0 spiro atoms. The number of hydrogen-bond acceptors (Lipinski definition) is 5. The Kier molecular flexibility index (Phi) is 7.13. The van der Waals surface area contributed by atoms with Gasteiger partial charge in [0.05, 0.1) is 18.8 Å². The van der Waals surface area contributed by atoms with Gasteiger partial charge in [0.1, 0.15) is 5.78 Å². The van der Waals surface area contributed by atoms with Gasteiger partial charge in [0, 0.05) is 19.5 Å². The third-order valence-corrected chi connectivity index (χ3v) is 1.86. The van der Waals surface area contributed by atoms with E-state index in [1.54, 1.807) is 0 Å². The Labute approximate surface area is 88.5 Å². The van der Waals surface area contributed by atoms with Gasteiger partial charge in [0.2, 0.25) is 0 Å². The average molecular weight is 216 g/mol. The molecular formula is C9H16N2O4. The summed E-state index contributed by atoms with van der Waals surface area (Å²) in [6, 6.07) is 0. The molecule has 0 aromatic heterocycles. The second-order valence-electron chi connectivity index (χ2n) is 3.17. The molecule has 0 rings (SSSR count). The van der Waals surface area contributed by atoms with Crippen LogP contribution in [0.25, 0.3) is 0 Å². The summed E-state index contributed by atoms with van der Waals surface area (Å²) in [7, 11) is 1.29. The molecule has 0 radical (unpaired) electrons. The highest BCUT2D eigenvalue weighted by Gasteiger charge is 2.07. The number of Topliss-reactive ketones (excluding diaryl/α,β-unsaturated/α-hetero) is 1. The second kappa shape index (κ2) is 7.90. The maximum absolute atomic E-state index is 10.8. The van der Waals surface area contributed by atoms with Gasteiger partial charge >= 0.3 is 5.97 Å². The van der Waals surface area contributed by atoms with Crippen molar-refractivity contribution in [1.82, 2.24) is 5.01 Å². The number of hydrogen-bond donors (Lipinski definition) is 0. The van der Waals surface area contributed by atoms with E-state index in [9.17, 15) is 14.5 Å². The lowest BCUT2D eigenvalue weighted by molar-refractivity contribution is -0.141. The van der Waals surface area contributed by atoms with Crippen LogP contribution in [0.1, 0.15) is 26.2 Å². The lowest BCUT2D eigenvalue weighted by atomic mass is 10.2. The van der Waals surface area contributed by atoms with E-state index < -0.39 is 0 Å². The van der Waals surface area contributed by atoms with Crippen LogP contribution in [0.4, 0.5) is 0 Å². The molecule has 0 N–H and O–H groups in total. The van der Waals surface area contributed by atoms with Crippen LogP contribution in [0.5, 0.6) is 0 Å². The Morgan fingerprint density at radius 2 is 1.93 bits per heavy atom. The van der Waals surface area contributed by atoms with Crippen LogP contribution in [0, 0.1) is 4.91 Å². The van der Waals surface area contributed by atoms with Gasteiger partial charge in [0.15, 0.2) is 0 Å². The number of nitrogens with zero attached hydrogens (tertiary/aromatic N) is 2. The molecule has 0 atom stereocenters. The monoisotopic (exact) mass is 216 g/mol. The highest BCUT2D eigenvalue weighted by Crippen LogP contribution is 1.99. The molecule has 0 aliphatic rings. The molecule has 86 valence electrons. The zero-order valence-corrected chi connectivity index (χ0v) is 9.06. The number of esters is 1. The van der Waals surface area contributed by atoms with Gasteiger partial charge in [0.25, 0.3) is 0 Å². The van der Waals surface area contributed by atoms with Crippen LogP contribution in [0.15, 0.2) is 5.29 Å². The van der Waals surface area contributed by atoms with Gasteiger partial charge in [-0.3, -0.25) is 9.80 Å². The largest absolute Gasteiger partial charge is 0.469 e. The summed E-state index contributed by atoms with van der Waals surface area (Å²) in [5, 5.41) is 3.98. The number of ketones is 1. The molecule has 0 unspecified atom stereocenters. The molecule has 0 saturated carbocycles. The first-order valence-corrected chi connectivity index (χ1v) is 4.74. The summed E-state index contributed by atoms with van der Waals surface area (Å²) in [6.45, 7) is 2.11. The van der Waals surface area contributed by atoms with Gasteiger partial charge in [-0.15, -0.1) is 4.91 Å². The predicted octanol–water partition coefficient (Wildman–Crippen LogP) is 0.902. The first-order chi connectivity index (χ1) is 7.10. The average Bonchev–Trinajstić information content (AvgIpc) is 2.22. The SMILES string of the molecule is COC(=O)CCN(CCCC(C)=O)N=O. The molecular weight excluding hydrogens is 200 g/mol. The minimum atomic E-state index is -0.379. The number of ether oxygens (including phenoxy) is 1. The van der Waals surface area contributed by atoms with Crippen molar-refractivity contribution in [3.63, 3.8) is 0 Å². The van der Waals surface area contributed by atoms with Crippen LogP contribution >= 0.6 is 0 Å². The van der Waals surface area contributed by atoms with Crippen molar-refractivity contribution < 1.29 is 14.3 Å². The quantitative estimate of drug-likeness (QED) is 0.342. The van der Waals surface area contributed by atoms with E-state index in [1.807, 2.05) is 0 Å². The fourth-order valence-corrected chi connectivity index (χ4v) is 1.03. The fraction of sp³-hybridized carbons (Fsp3) is 0.778. The number of carbonyl (C=O) groups is 2. The maximum Gasteiger partial charge on any atom is 0.307 e. The zero-order valence-electron chi connectivity index (χ0n) is 9.06. The number of methoxy groups -OCH3 is 1. The van der Waals surface area contributed by atoms with E-state index >= 15 is 0 Å². The third-order valence-electron chi connectivity index (χ3n) is 1.86. The number of nitroso groups, excluding NO2 is 1. The Morgan fingerprint density at radius 1 is 1.27 bits per heavy atom. The number of rotatable bonds is 8. The Bertz CT molecular complexity index is 230. The van der Waals surface area contributed by atoms with E-state index in [2.05, 4.69) is 10.0 Å². The van der Waals surface area contributed by atoms with Crippen LogP contribution in [-0.2, 0) is 14.3 Å². The van der Waals surface area contributed by atoms with E-state index in [0.717, 1.165) is 0 Å². The second-order valence-corrected chi connectivity index (χ2v) is 3.17. The molecule has 6 nitrogen and oxygen atoms in total. The lowest BCUT2D eigenvalue weighted by Gasteiger charge is -2.13. The van der Waals surface area contributed by atoms with Gasteiger partial charge < -0.3 is 9.53 Å². The first kappa shape index (κ1) is 13.5. The fourth-order valence-electron chi connectivity index (χ4n) is 1.03. The summed E-state index contributed by atoms with van der Waals surface area (Å²) < 4.78 is 4.42. The van der Waals surface area contributed by atoms with Crippen molar-refractivity contribution in [2.75, 3.05) is 20.2 Å². The zero-order chi connectivity index (χ0) is 11.7.